The largest absolute Gasteiger partial charge is 0.465 e. The predicted molar refractivity (Wildman–Crippen MR) is 74.1 cm³/mol. The molecule has 4 nitrogen and oxygen atoms in total. The van der Waals surface area contributed by atoms with Crippen LogP contribution in [0.5, 0.6) is 0 Å². The van der Waals surface area contributed by atoms with E-state index in [1.54, 1.807) is 6.07 Å². The van der Waals surface area contributed by atoms with Crippen LogP contribution in [-0.2, 0) is 11.3 Å². The Morgan fingerprint density at radius 3 is 2.53 bits per heavy atom. The molecule has 0 atom stereocenters. The van der Waals surface area contributed by atoms with E-state index in [1.165, 1.54) is 18.9 Å². The van der Waals surface area contributed by atoms with E-state index >= 15 is 0 Å². The van der Waals surface area contributed by atoms with Crippen molar-refractivity contribution >= 4 is 11.8 Å². The van der Waals surface area contributed by atoms with Gasteiger partial charge in [0.15, 0.2) is 0 Å². The highest BCUT2D eigenvalue weighted by Crippen LogP contribution is 2.13. The Kier molecular flexibility index (Phi) is 4.13. The lowest BCUT2D eigenvalue weighted by Crippen LogP contribution is -2.17. The van der Waals surface area contributed by atoms with Gasteiger partial charge < -0.3 is 9.64 Å². The molecule has 0 aliphatic rings. The highest BCUT2D eigenvalue weighted by atomic mass is 16.5. The smallest absolute Gasteiger partial charge is 0.339 e. The predicted octanol–water partition coefficient (Wildman–Crippen LogP) is 2.50. The van der Waals surface area contributed by atoms with Gasteiger partial charge in [0.05, 0.1) is 12.7 Å². The third-order valence-electron chi connectivity index (χ3n) is 2.82. The van der Waals surface area contributed by atoms with Crippen molar-refractivity contribution in [3.63, 3.8) is 0 Å². The summed E-state index contributed by atoms with van der Waals surface area (Å²) in [6.45, 7) is 0.769. The van der Waals surface area contributed by atoms with Crippen molar-refractivity contribution in [2.75, 3.05) is 19.1 Å². The second-order valence-electron chi connectivity index (χ2n) is 4.24. The Balaban J connectivity index is 2.07. The van der Waals surface area contributed by atoms with Crippen LogP contribution in [0.3, 0.4) is 0 Å². The highest BCUT2D eigenvalue weighted by molar-refractivity contribution is 5.89. The molecule has 1 aromatic carbocycles. The third-order valence-corrected chi connectivity index (χ3v) is 2.82. The number of nitrogens with zero attached hydrogens (tertiary/aromatic N) is 2. The van der Waals surface area contributed by atoms with Gasteiger partial charge >= 0.3 is 5.97 Å². The van der Waals surface area contributed by atoms with Gasteiger partial charge in [0.25, 0.3) is 0 Å². The second-order valence-corrected chi connectivity index (χ2v) is 4.24. The van der Waals surface area contributed by atoms with Gasteiger partial charge in [-0.3, -0.25) is 0 Å². The van der Waals surface area contributed by atoms with Gasteiger partial charge in [0, 0.05) is 19.8 Å². The lowest BCUT2D eigenvalue weighted by Gasteiger charge is -2.18. The third kappa shape index (κ3) is 3.31. The molecule has 0 aliphatic carbocycles. The molecule has 2 aromatic rings. The number of pyridine rings is 1. The van der Waals surface area contributed by atoms with E-state index in [0.717, 1.165) is 12.4 Å². The minimum Gasteiger partial charge on any atom is -0.465 e. The van der Waals surface area contributed by atoms with Gasteiger partial charge in [-0.15, -0.1) is 0 Å². The summed E-state index contributed by atoms with van der Waals surface area (Å²) in [5, 5.41) is 0. The Labute approximate surface area is 112 Å². The Bertz CT molecular complexity index is 538. The zero-order valence-electron chi connectivity index (χ0n) is 11.0. The molecule has 98 valence electrons. The van der Waals surface area contributed by atoms with Gasteiger partial charge in [0.1, 0.15) is 5.82 Å². The van der Waals surface area contributed by atoms with E-state index in [-0.39, 0.29) is 5.97 Å². The highest BCUT2D eigenvalue weighted by Gasteiger charge is 2.07. The van der Waals surface area contributed by atoms with Gasteiger partial charge in [-0.05, 0) is 17.7 Å². The lowest BCUT2D eigenvalue weighted by atomic mass is 10.2. The molecule has 4 heteroatoms. The molecular formula is C15H16N2O2. The summed E-state index contributed by atoms with van der Waals surface area (Å²) in [7, 11) is 3.32. The quantitative estimate of drug-likeness (QED) is 0.788. The summed E-state index contributed by atoms with van der Waals surface area (Å²) in [4.78, 5) is 17.6. The van der Waals surface area contributed by atoms with E-state index in [2.05, 4.69) is 21.9 Å². The van der Waals surface area contributed by atoms with Gasteiger partial charge in [-0.25, -0.2) is 9.78 Å². The molecule has 0 bridgehead atoms. The van der Waals surface area contributed by atoms with E-state index in [4.69, 9.17) is 0 Å². The molecule has 0 aliphatic heterocycles. The first-order valence-corrected chi connectivity index (χ1v) is 6.00. The molecule has 0 N–H and O–H groups in total. The molecule has 0 amide bonds. The second kappa shape index (κ2) is 6.00. The fraction of sp³-hybridized carbons (Fsp3) is 0.200. The first kappa shape index (κ1) is 13.1. The summed E-state index contributed by atoms with van der Waals surface area (Å²) >= 11 is 0. The number of hydrogen-bond acceptors (Lipinski definition) is 4. The minimum absolute atomic E-state index is 0.371. The number of aromatic nitrogens is 1. The zero-order valence-corrected chi connectivity index (χ0v) is 11.0. The monoisotopic (exact) mass is 256 g/mol. The standard InChI is InChI=1S/C15H16N2O2/c1-17(11-12-6-4-3-5-7-12)14-9-8-13(10-16-14)15(18)19-2/h3-10H,11H2,1-2H3. The first-order valence-electron chi connectivity index (χ1n) is 6.00. The Morgan fingerprint density at radius 2 is 1.95 bits per heavy atom. The molecule has 19 heavy (non-hydrogen) atoms. The van der Waals surface area contributed by atoms with Crippen molar-refractivity contribution in [3.8, 4) is 0 Å². The van der Waals surface area contributed by atoms with Crippen molar-refractivity contribution in [1.82, 2.24) is 4.98 Å². The Hall–Kier alpha value is -2.36. The van der Waals surface area contributed by atoms with Gasteiger partial charge in [0.2, 0.25) is 0 Å². The number of esters is 1. The van der Waals surface area contributed by atoms with Gasteiger partial charge in [-0.2, -0.15) is 0 Å². The van der Waals surface area contributed by atoms with Crippen LogP contribution in [0.1, 0.15) is 15.9 Å². The molecule has 1 aromatic heterocycles. The van der Waals surface area contributed by atoms with E-state index < -0.39 is 0 Å². The fourth-order valence-corrected chi connectivity index (χ4v) is 1.79. The van der Waals surface area contributed by atoms with Crippen molar-refractivity contribution in [1.29, 1.82) is 0 Å². The van der Waals surface area contributed by atoms with Crippen molar-refractivity contribution in [3.05, 3.63) is 59.8 Å². The van der Waals surface area contributed by atoms with Crippen LogP contribution in [0.2, 0.25) is 0 Å². The maximum Gasteiger partial charge on any atom is 0.339 e. The molecule has 2 rings (SSSR count). The van der Waals surface area contributed by atoms with Gasteiger partial charge in [-0.1, -0.05) is 30.3 Å². The number of carbonyl (C=O) groups excluding carboxylic acids is 1. The summed E-state index contributed by atoms with van der Waals surface area (Å²) < 4.78 is 4.64. The van der Waals surface area contributed by atoms with E-state index in [9.17, 15) is 4.79 Å². The average molecular weight is 256 g/mol. The number of ether oxygens (including phenoxy) is 1. The molecule has 0 saturated heterocycles. The number of benzene rings is 1. The van der Waals surface area contributed by atoms with Crippen LogP contribution < -0.4 is 4.90 Å². The molecular weight excluding hydrogens is 240 g/mol. The average Bonchev–Trinajstić information content (AvgIpc) is 2.47. The number of anilines is 1. The van der Waals surface area contributed by atoms with Crippen LogP contribution >= 0.6 is 0 Å². The molecule has 0 spiro atoms. The van der Waals surface area contributed by atoms with Crippen molar-refractivity contribution < 1.29 is 9.53 Å². The first-order chi connectivity index (χ1) is 9.20. The van der Waals surface area contributed by atoms with Crippen molar-refractivity contribution in [2.24, 2.45) is 0 Å². The number of hydrogen-bond donors (Lipinski definition) is 0. The fourth-order valence-electron chi connectivity index (χ4n) is 1.79. The molecule has 0 fully saturated rings. The zero-order chi connectivity index (χ0) is 13.7. The topological polar surface area (TPSA) is 42.4 Å². The van der Waals surface area contributed by atoms with Crippen LogP contribution in [0.25, 0.3) is 0 Å². The number of carbonyl (C=O) groups is 1. The van der Waals surface area contributed by atoms with E-state index in [1.807, 2.05) is 36.2 Å². The summed E-state index contributed by atoms with van der Waals surface area (Å²) in [5.41, 5.74) is 1.67. The molecule has 0 saturated carbocycles. The SMILES string of the molecule is COC(=O)c1ccc(N(C)Cc2ccccc2)nc1. The summed E-state index contributed by atoms with van der Waals surface area (Å²) in [6.07, 6.45) is 1.53. The van der Waals surface area contributed by atoms with Crippen LogP contribution in [-0.4, -0.2) is 25.1 Å². The summed E-state index contributed by atoms with van der Waals surface area (Å²) in [5.74, 6) is 0.446. The van der Waals surface area contributed by atoms with Crippen molar-refractivity contribution in [2.45, 2.75) is 6.54 Å². The van der Waals surface area contributed by atoms with Crippen LogP contribution in [0, 0.1) is 0 Å². The van der Waals surface area contributed by atoms with Crippen LogP contribution in [0.4, 0.5) is 5.82 Å². The molecule has 0 radical (unpaired) electrons. The Morgan fingerprint density at radius 1 is 1.21 bits per heavy atom. The number of methoxy groups -OCH3 is 1. The maximum atomic E-state index is 11.3. The minimum atomic E-state index is -0.371. The summed E-state index contributed by atoms with van der Waals surface area (Å²) in [6, 6.07) is 13.7. The maximum absolute atomic E-state index is 11.3. The molecule has 1 heterocycles. The normalized spacial score (nSPS) is 10.0. The van der Waals surface area contributed by atoms with Crippen LogP contribution in [0.15, 0.2) is 48.7 Å². The number of rotatable bonds is 4. The lowest BCUT2D eigenvalue weighted by molar-refractivity contribution is 0.0600. The molecule has 0 unspecified atom stereocenters. The van der Waals surface area contributed by atoms with E-state index in [0.29, 0.717) is 5.56 Å².